The van der Waals surface area contributed by atoms with E-state index in [1.54, 1.807) is 12.1 Å². The van der Waals surface area contributed by atoms with Crippen LogP contribution in [0, 0.1) is 0 Å². The summed E-state index contributed by atoms with van der Waals surface area (Å²) in [5.41, 5.74) is 3.27. The van der Waals surface area contributed by atoms with E-state index in [-0.39, 0.29) is 37.5 Å². The summed E-state index contributed by atoms with van der Waals surface area (Å²) >= 11 is 0. The van der Waals surface area contributed by atoms with Crippen molar-refractivity contribution < 1.29 is 9.84 Å². The minimum atomic E-state index is -0.594. The van der Waals surface area contributed by atoms with Crippen molar-refractivity contribution in [2.24, 2.45) is 0 Å². The van der Waals surface area contributed by atoms with Gasteiger partial charge >= 0.3 is 0 Å². The third kappa shape index (κ3) is 6.68. The molecule has 186 valence electrons. The van der Waals surface area contributed by atoms with Gasteiger partial charge in [-0.25, -0.2) is 4.98 Å². The molecule has 1 aliphatic heterocycles. The molecule has 0 saturated carbocycles. The smallest absolute Gasteiger partial charge is 0.233 e. The number of aliphatic hydroxyl groups excluding tert-OH is 1. The topological polar surface area (TPSA) is 79.0 Å². The molecule has 10 heteroatoms. The average molecular weight is 517 g/mol. The summed E-state index contributed by atoms with van der Waals surface area (Å²) in [5.74, 6) is 0.422. The van der Waals surface area contributed by atoms with Crippen molar-refractivity contribution in [3.8, 4) is 5.88 Å². The van der Waals surface area contributed by atoms with Crippen LogP contribution in [0.2, 0.25) is 0 Å². The van der Waals surface area contributed by atoms with Crippen molar-refractivity contribution in [1.29, 1.82) is 0 Å². The molecule has 4 aromatic rings. The first-order chi connectivity index (χ1) is 16.3. The maximum absolute atomic E-state index is 10.5. The van der Waals surface area contributed by atoms with E-state index < -0.39 is 6.10 Å². The highest BCUT2D eigenvalue weighted by atomic mass is 35.5. The van der Waals surface area contributed by atoms with Crippen LogP contribution < -0.4 is 4.74 Å². The number of hydrogen-bond acceptors (Lipinski definition) is 7. The van der Waals surface area contributed by atoms with E-state index >= 15 is 0 Å². The highest BCUT2D eigenvalue weighted by Gasteiger charge is 2.27. The van der Waals surface area contributed by atoms with Gasteiger partial charge in [-0.3, -0.25) is 9.80 Å². The van der Waals surface area contributed by atoms with Gasteiger partial charge in [0.1, 0.15) is 19.0 Å². The second-order valence-electron chi connectivity index (χ2n) is 8.30. The van der Waals surface area contributed by atoms with Crippen molar-refractivity contribution in [1.82, 2.24) is 29.6 Å². The Hall–Kier alpha value is -2.75. The van der Waals surface area contributed by atoms with Crippen LogP contribution >= 0.6 is 24.8 Å². The Morgan fingerprint density at radius 1 is 0.829 bits per heavy atom. The van der Waals surface area contributed by atoms with E-state index in [1.807, 2.05) is 0 Å². The zero-order chi connectivity index (χ0) is 22.5. The SMILES string of the molecule is Cl.Cl.OC(COc1ccc2ncnn2n1)CN1CCN(C(c2ccccc2)c2ccccc2)CC1. The van der Waals surface area contributed by atoms with Crippen LogP contribution in [0.1, 0.15) is 17.2 Å². The van der Waals surface area contributed by atoms with E-state index in [1.165, 1.54) is 22.1 Å². The molecule has 2 aromatic carbocycles. The molecule has 0 spiro atoms. The number of rotatable bonds is 8. The lowest BCUT2D eigenvalue weighted by atomic mass is 9.96. The number of aromatic nitrogens is 4. The van der Waals surface area contributed by atoms with Gasteiger partial charge in [0, 0.05) is 38.8 Å². The summed E-state index contributed by atoms with van der Waals surface area (Å²) in [5, 5.41) is 18.8. The lowest BCUT2D eigenvalue weighted by Gasteiger charge is -2.40. The number of β-amino-alcohol motifs (C(OH)–C–C–N with tert-alkyl or cyclic N) is 1. The summed E-state index contributed by atoms with van der Waals surface area (Å²) in [6.45, 7) is 4.43. The minimum absolute atomic E-state index is 0. The van der Waals surface area contributed by atoms with Crippen LogP contribution in [0.25, 0.3) is 5.65 Å². The third-order valence-corrected chi connectivity index (χ3v) is 6.02. The Labute approximate surface area is 217 Å². The predicted octanol–water partition coefficient (Wildman–Crippen LogP) is 3.11. The Morgan fingerprint density at radius 3 is 2.09 bits per heavy atom. The molecule has 0 aliphatic carbocycles. The minimum Gasteiger partial charge on any atom is -0.474 e. The largest absolute Gasteiger partial charge is 0.474 e. The van der Waals surface area contributed by atoms with E-state index in [0.29, 0.717) is 18.1 Å². The lowest BCUT2D eigenvalue weighted by Crippen LogP contribution is -2.50. The second-order valence-corrected chi connectivity index (χ2v) is 8.30. The van der Waals surface area contributed by atoms with E-state index in [2.05, 4.69) is 85.6 Å². The van der Waals surface area contributed by atoms with Gasteiger partial charge in [0.25, 0.3) is 0 Å². The van der Waals surface area contributed by atoms with Crippen molar-refractivity contribution in [2.75, 3.05) is 39.3 Å². The van der Waals surface area contributed by atoms with Crippen LogP contribution in [-0.4, -0.2) is 80.2 Å². The summed E-state index contributed by atoms with van der Waals surface area (Å²) in [6, 6.07) is 25.1. The Morgan fingerprint density at radius 2 is 1.46 bits per heavy atom. The maximum atomic E-state index is 10.5. The molecular weight excluding hydrogens is 487 g/mol. The van der Waals surface area contributed by atoms with Crippen molar-refractivity contribution >= 4 is 30.5 Å². The molecule has 2 aromatic heterocycles. The van der Waals surface area contributed by atoms with Crippen LogP contribution in [0.5, 0.6) is 5.88 Å². The second kappa shape index (κ2) is 12.8. The molecule has 0 bridgehead atoms. The molecule has 1 atom stereocenters. The van der Waals surface area contributed by atoms with Crippen LogP contribution in [0.4, 0.5) is 0 Å². The molecule has 1 N–H and O–H groups in total. The van der Waals surface area contributed by atoms with Gasteiger partial charge < -0.3 is 9.84 Å². The van der Waals surface area contributed by atoms with Gasteiger partial charge in [-0.1, -0.05) is 60.7 Å². The van der Waals surface area contributed by atoms with E-state index in [4.69, 9.17) is 4.74 Å². The molecule has 3 heterocycles. The number of ether oxygens (including phenoxy) is 1. The van der Waals surface area contributed by atoms with E-state index in [0.717, 1.165) is 26.2 Å². The normalized spacial score (nSPS) is 15.4. The number of piperazine rings is 1. The first-order valence-electron chi connectivity index (χ1n) is 11.3. The number of nitrogens with zero attached hydrogens (tertiary/aromatic N) is 6. The number of aliphatic hydroxyl groups is 1. The number of hydrogen-bond donors (Lipinski definition) is 1. The fraction of sp³-hybridized carbons (Fsp3) is 0.320. The number of benzene rings is 2. The van der Waals surface area contributed by atoms with Crippen LogP contribution in [-0.2, 0) is 0 Å². The molecule has 1 saturated heterocycles. The van der Waals surface area contributed by atoms with Gasteiger partial charge in [-0.2, -0.15) is 0 Å². The zero-order valence-electron chi connectivity index (χ0n) is 19.3. The Kier molecular flexibility index (Phi) is 9.83. The summed E-state index contributed by atoms with van der Waals surface area (Å²) < 4.78 is 7.09. The average Bonchev–Trinajstić information content (AvgIpc) is 3.33. The Balaban J connectivity index is 0.00000171. The number of fused-ring (bicyclic) bond motifs is 1. The molecule has 1 unspecified atom stereocenters. The maximum Gasteiger partial charge on any atom is 0.233 e. The molecule has 35 heavy (non-hydrogen) atoms. The standard InChI is InChI=1S/C25H28N6O2.2ClH/c32-22(18-33-24-12-11-23-26-19-27-31(23)28-24)17-29-13-15-30(16-14-29)25(20-7-3-1-4-8-20)21-9-5-2-6-10-21;;/h1-12,19,22,25,32H,13-18H2;2*1H. The molecule has 1 fully saturated rings. The van der Waals surface area contributed by atoms with Gasteiger partial charge in [0.15, 0.2) is 5.65 Å². The van der Waals surface area contributed by atoms with Crippen LogP contribution in [0.15, 0.2) is 79.1 Å². The fourth-order valence-electron chi connectivity index (χ4n) is 4.40. The van der Waals surface area contributed by atoms with Gasteiger partial charge in [0.2, 0.25) is 5.88 Å². The van der Waals surface area contributed by atoms with Crippen molar-refractivity contribution in [3.05, 3.63) is 90.3 Å². The Bertz CT molecular complexity index is 1120. The quantitative estimate of drug-likeness (QED) is 0.385. The predicted molar refractivity (Wildman–Crippen MR) is 140 cm³/mol. The molecule has 0 radical (unpaired) electrons. The first-order valence-corrected chi connectivity index (χ1v) is 11.3. The van der Waals surface area contributed by atoms with Crippen molar-refractivity contribution in [2.45, 2.75) is 12.1 Å². The molecule has 0 amide bonds. The first kappa shape index (κ1) is 26.8. The van der Waals surface area contributed by atoms with Gasteiger partial charge in [0.05, 0.1) is 6.04 Å². The third-order valence-electron chi connectivity index (χ3n) is 6.02. The lowest BCUT2D eigenvalue weighted by molar-refractivity contribution is 0.0388. The molecule has 1 aliphatic rings. The monoisotopic (exact) mass is 516 g/mol. The van der Waals surface area contributed by atoms with Gasteiger partial charge in [-0.15, -0.1) is 39.6 Å². The zero-order valence-corrected chi connectivity index (χ0v) is 20.9. The highest BCUT2D eigenvalue weighted by Crippen LogP contribution is 2.29. The molecule has 8 nitrogen and oxygen atoms in total. The van der Waals surface area contributed by atoms with Gasteiger partial charge in [-0.05, 0) is 17.2 Å². The molecule has 5 rings (SSSR count). The summed E-state index contributed by atoms with van der Waals surface area (Å²) in [7, 11) is 0. The van der Waals surface area contributed by atoms with Crippen LogP contribution in [0.3, 0.4) is 0 Å². The summed E-state index contributed by atoms with van der Waals surface area (Å²) in [6.07, 6.45) is 0.852. The number of halogens is 2. The fourth-order valence-corrected chi connectivity index (χ4v) is 4.40. The molecular formula is C25H30Cl2N6O2. The highest BCUT2D eigenvalue weighted by molar-refractivity contribution is 5.85. The van der Waals surface area contributed by atoms with Crippen molar-refractivity contribution in [3.63, 3.8) is 0 Å². The summed E-state index contributed by atoms with van der Waals surface area (Å²) in [4.78, 5) is 8.89. The van der Waals surface area contributed by atoms with E-state index in [9.17, 15) is 5.11 Å².